The van der Waals surface area contributed by atoms with E-state index in [9.17, 15) is 77.6 Å². The normalized spacial score (nSPS) is 24.8. The average Bonchev–Trinajstić information content (AvgIpc) is 3.92. The molecule has 12 N–H and O–H groups in total. The number of aliphatic hydroxyl groups is 1. The van der Waals surface area contributed by atoms with E-state index < -0.39 is 170 Å². The molecule has 0 bridgehead atoms. The summed E-state index contributed by atoms with van der Waals surface area (Å²) in [5.74, 6) is -13.7. The SMILES string of the molecule is CCCCCCCCCCCCCCC(=O)N[C@H]1CNC(=O)[C@@H]2CCCN2C(=O)[C@H]([C@H](C)CC)NC(=O)[C@H]([C@@H](C)O)NC(=O)CNC(=O)[C@H](CC(=O)O)NC(=O)CNC(=O)[C@H](CC(=O)O)NC(=O)CNC(=O)[C@@H]2CCCCN2C1=O. The Kier molecular flexibility index (Phi) is 30.0. The van der Waals surface area contributed by atoms with Crippen LogP contribution in [0.2, 0.25) is 0 Å². The zero-order valence-corrected chi connectivity index (χ0v) is 46.8. The number of hydrogen-bond donors (Lipinski definition) is 12. The Bertz CT molecular complexity index is 2160. The molecule has 3 saturated heterocycles. The van der Waals surface area contributed by atoms with Crippen molar-refractivity contribution in [3.8, 4) is 0 Å². The molecule has 0 aromatic heterocycles. The summed E-state index contributed by atoms with van der Waals surface area (Å²) in [5.41, 5.74) is 0. The zero-order chi connectivity index (χ0) is 59.3. The quantitative estimate of drug-likeness (QED) is 0.0596. The maximum Gasteiger partial charge on any atom is 0.305 e. The van der Waals surface area contributed by atoms with Crippen molar-refractivity contribution in [2.45, 2.75) is 211 Å². The molecular weight excluding hydrogens is 1050 g/mol. The second-order valence-electron chi connectivity index (χ2n) is 21.0. The highest BCUT2D eigenvalue weighted by Gasteiger charge is 2.42. The van der Waals surface area contributed by atoms with Gasteiger partial charge >= 0.3 is 11.9 Å². The van der Waals surface area contributed by atoms with E-state index in [2.05, 4.69) is 54.8 Å². The van der Waals surface area contributed by atoms with Gasteiger partial charge in [0.2, 0.25) is 65.0 Å². The van der Waals surface area contributed by atoms with E-state index in [0.717, 1.165) is 32.1 Å². The number of hydrogen-bond acceptors (Lipinski definition) is 14. The first-order chi connectivity index (χ1) is 38.1. The lowest BCUT2D eigenvalue weighted by molar-refractivity contribution is -0.146. The number of aliphatic hydroxyl groups excluding tert-OH is 1. The molecule has 0 aliphatic carbocycles. The van der Waals surface area contributed by atoms with Crippen molar-refractivity contribution < 1.29 is 77.6 Å². The van der Waals surface area contributed by atoms with E-state index >= 15 is 0 Å². The zero-order valence-electron chi connectivity index (χ0n) is 46.8. The first-order valence-corrected chi connectivity index (χ1v) is 28.4. The van der Waals surface area contributed by atoms with Crippen LogP contribution in [0, 0.1) is 5.92 Å². The highest BCUT2D eigenvalue weighted by atomic mass is 16.4. The largest absolute Gasteiger partial charge is 0.481 e. The number of fused-ring (bicyclic) bond motifs is 2. The topological polar surface area (TPSA) is 397 Å². The molecule has 0 radical (unpaired) electrons. The molecule has 11 amide bonds. The molecule has 27 nitrogen and oxygen atoms in total. The van der Waals surface area contributed by atoms with Crippen LogP contribution in [-0.4, -0.2) is 190 Å². The fourth-order valence-electron chi connectivity index (χ4n) is 9.74. The Morgan fingerprint density at radius 2 is 0.988 bits per heavy atom. The van der Waals surface area contributed by atoms with Crippen LogP contribution in [0.3, 0.4) is 0 Å². The molecule has 3 fully saturated rings. The van der Waals surface area contributed by atoms with Gasteiger partial charge in [-0.2, -0.15) is 0 Å². The van der Waals surface area contributed by atoms with Gasteiger partial charge in [-0.25, -0.2) is 0 Å². The van der Waals surface area contributed by atoms with Gasteiger partial charge < -0.3 is 73.0 Å². The molecule has 3 heterocycles. The minimum Gasteiger partial charge on any atom is -0.481 e. The highest BCUT2D eigenvalue weighted by Crippen LogP contribution is 2.23. The second-order valence-corrected chi connectivity index (χ2v) is 21.0. The van der Waals surface area contributed by atoms with Crippen molar-refractivity contribution in [1.82, 2.24) is 57.7 Å². The Morgan fingerprint density at radius 1 is 0.537 bits per heavy atom. The molecule has 3 rings (SSSR count). The number of piperidine rings is 1. The molecule has 0 aromatic carbocycles. The molecule has 0 saturated carbocycles. The van der Waals surface area contributed by atoms with E-state index in [1.165, 1.54) is 55.2 Å². The number of carbonyl (C=O) groups is 13. The summed E-state index contributed by atoms with van der Waals surface area (Å²) in [6.45, 7) is 3.78. The number of nitrogens with one attached hydrogen (secondary N) is 9. The first-order valence-electron chi connectivity index (χ1n) is 28.4. The van der Waals surface area contributed by atoms with Gasteiger partial charge in [-0.15, -0.1) is 0 Å². The Balaban J connectivity index is 1.94. The van der Waals surface area contributed by atoms with E-state index in [1.54, 1.807) is 13.8 Å². The van der Waals surface area contributed by atoms with E-state index in [0.29, 0.717) is 32.1 Å². The number of nitrogens with zero attached hydrogens (tertiary/aromatic N) is 2. The van der Waals surface area contributed by atoms with Crippen molar-refractivity contribution in [3.05, 3.63) is 0 Å². The van der Waals surface area contributed by atoms with Gasteiger partial charge in [0, 0.05) is 26.1 Å². The van der Waals surface area contributed by atoms with Gasteiger partial charge in [0.15, 0.2) is 0 Å². The predicted octanol–water partition coefficient (Wildman–Crippen LogP) is -1.27. The maximum absolute atomic E-state index is 14.6. The number of carbonyl (C=O) groups excluding carboxylic acids is 11. The van der Waals surface area contributed by atoms with Crippen LogP contribution in [-0.2, 0) is 62.3 Å². The van der Waals surface area contributed by atoms with Crippen LogP contribution < -0.4 is 47.9 Å². The number of aliphatic carboxylic acids is 2. The molecule has 9 atom stereocenters. The lowest BCUT2D eigenvalue weighted by Gasteiger charge is -2.37. The van der Waals surface area contributed by atoms with Gasteiger partial charge in [0.25, 0.3) is 0 Å². The van der Waals surface area contributed by atoms with Crippen molar-refractivity contribution in [2.75, 3.05) is 39.3 Å². The third-order valence-electron chi connectivity index (χ3n) is 14.5. The van der Waals surface area contributed by atoms with Crippen LogP contribution in [0.1, 0.15) is 163 Å². The molecule has 3 aliphatic heterocycles. The number of carboxylic acids is 2. The van der Waals surface area contributed by atoms with Crippen molar-refractivity contribution in [1.29, 1.82) is 0 Å². The van der Waals surface area contributed by atoms with Crippen molar-refractivity contribution >= 4 is 76.9 Å². The third-order valence-corrected chi connectivity index (χ3v) is 14.5. The van der Waals surface area contributed by atoms with Gasteiger partial charge in [-0.3, -0.25) is 62.3 Å². The summed E-state index contributed by atoms with van der Waals surface area (Å²) in [7, 11) is 0. The summed E-state index contributed by atoms with van der Waals surface area (Å²) in [5, 5.41) is 50.9. The second kappa shape index (κ2) is 35.6. The van der Waals surface area contributed by atoms with Crippen LogP contribution in [0.5, 0.6) is 0 Å². The lowest BCUT2D eigenvalue weighted by Crippen LogP contribution is -2.62. The summed E-state index contributed by atoms with van der Waals surface area (Å²) in [6, 6.07) is -10.4. The smallest absolute Gasteiger partial charge is 0.305 e. The fraction of sp³-hybridized carbons (Fsp3) is 0.755. The van der Waals surface area contributed by atoms with Crippen LogP contribution >= 0.6 is 0 Å². The number of unbranched alkanes of at least 4 members (excludes halogenated alkanes) is 11. The minimum atomic E-state index is -1.85. The molecule has 0 unspecified atom stereocenters. The van der Waals surface area contributed by atoms with E-state index in [-0.39, 0.29) is 32.4 Å². The summed E-state index contributed by atoms with van der Waals surface area (Å²) < 4.78 is 0. The molecule has 80 heavy (non-hydrogen) atoms. The number of amides is 11. The molecule has 450 valence electrons. The van der Waals surface area contributed by atoms with Crippen molar-refractivity contribution in [3.63, 3.8) is 0 Å². The molecule has 0 spiro atoms. The minimum absolute atomic E-state index is 0.0472. The molecule has 0 aromatic rings. The van der Waals surface area contributed by atoms with Crippen molar-refractivity contribution in [2.24, 2.45) is 5.92 Å². The van der Waals surface area contributed by atoms with Gasteiger partial charge in [-0.1, -0.05) is 97.8 Å². The average molecular weight is 1130 g/mol. The molecule has 27 heteroatoms. The summed E-state index contributed by atoms with van der Waals surface area (Å²) >= 11 is 0. The molecule has 3 aliphatic rings. The Labute approximate surface area is 467 Å². The third kappa shape index (κ3) is 23.4. The van der Waals surface area contributed by atoms with Crippen LogP contribution in [0.25, 0.3) is 0 Å². The fourth-order valence-corrected chi connectivity index (χ4v) is 9.74. The number of rotatable bonds is 21. The maximum atomic E-state index is 14.6. The monoisotopic (exact) mass is 1130 g/mol. The summed E-state index contributed by atoms with van der Waals surface area (Å²) in [6.07, 6.45) is 11.3. The lowest BCUT2D eigenvalue weighted by atomic mass is 9.96. The Hall–Kier alpha value is -6.93. The van der Waals surface area contributed by atoms with Gasteiger partial charge in [-0.05, 0) is 51.4 Å². The summed E-state index contributed by atoms with van der Waals surface area (Å²) in [4.78, 5) is 176. The van der Waals surface area contributed by atoms with Gasteiger partial charge in [0.05, 0.1) is 38.6 Å². The highest BCUT2D eigenvalue weighted by molar-refractivity contribution is 5.99. The van der Waals surface area contributed by atoms with Crippen LogP contribution in [0.4, 0.5) is 0 Å². The van der Waals surface area contributed by atoms with Gasteiger partial charge in [0.1, 0.15) is 42.3 Å². The molecular formula is C53H87N11O16. The van der Waals surface area contributed by atoms with E-state index in [4.69, 9.17) is 0 Å². The standard InChI is InChI=1S/C53H87N11O16/c1-5-7-8-9-10-11-12-13-14-15-16-17-23-39(66)60-36-28-54-49(76)38-22-20-25-64(38)53(80)45(32(3)6-2)62-51(78)46(33(4)65)61-42(69)31-56-48(75)35(27-44(72)73)58-40(67)29-55-47(74)34(26-43(70)71)59-41(68)30-57-50(77)37-21-18-19-24-63(37)52(36)79/h32-38,45-46,65H,5-31H2,1-4H3,(H,54,76)(H,55,74)(H,56,75)(H,57,77)(H,58,67)(H,59,68)(H,60,66)(H,61,69)(H,62,78)(H,70,71)(H,72,73)/t32-,33-,34+,35+,36+,37+,38+,45+,46+/m1/s1. The van der Waals surface area contributed by atoms with Crippen LogP contribution in [0.15, 0.2) is 0 Å². The number of carboxylic acid groups (broad SMARTS) is 2. The Morgan fingerprint density at radius 3 is 1.49 bits per heavy atom. The van der Waals surface area contributed by atoms with E-state index in [1.807, 2.05) is 0 Å². The predicted molar refractivity (Wildman–Crippen MR) is 287 cm³/mol. The first kappa shape index (κ1) is 67.3.